The normalized spacial score (nSPS) is 23.2. The number of fused-ring (bicyclic) bond motifs is 1. The van der Waals surface area contributed by atoms with Crippen molar-refractivity contribution in [3.05, 3.63) is 29.3 Å². The van der Waals surface area contributed by atoms with E-state index < -0.39 is 6.10 Å². The maximum Gasteiger partial charge on any atom is 0.119 e. The molecule has 0 unspecified atom stereocenters. The second kappa shape index (κ2) is 5.52. The van der Waals surface area contributed by atoms with Crippen LogP contribution in [0.15, 0.2) is 18.2 Å². The summed E-state index contributed by atoms with van der Waals surface area (Å²) in [5, 5.41) is 13.8. The minimum absolute atomic E-state index is 0.176. The van der Waals surface area contributed by atoms with Gasteiger partial charge in [-0.25, -0.2) is 0 Å². The van der Waals surface area contributed by atoms with Crippen LogP contribution in [0.25, 0.3) is 0 Å². The van der Waals surface area contributed by atoms with Crippen LogP contribution in [0.4, 0.5) is 0 Å². The molecule has 0 aliphatic heterocycles. The number of hydrogen-bond acceptors (Lipinski definition) is 3. The fourth-order valence-electron chi connectivity index (χ4n) is 2.43. The van der Waals surface area contributed by atoms with Crippen LogP contribution in [0.2, 0.25) is 0 Å². The number of aryl methyl sites for hydroxylation is 1. The fraction of sp³-hybridized carbons (Fsp3) is 0.571. The third kappa shape index (κ3) is 2.61. The van der Waals surface area contributed by atoms with Crippen molar-refractivity contribution in [2.75, 3.05) is 13.7 Å². The van der Waals surface area contributed by atoms with E-state index in [1.165, 1.54) is 5.56 Å². The molecule has 0 heterocycles. The van der Waals surface area contributed by atoms with E-state index in [4.69, 9.17) is 4.74 Å². The Kier molecular flexibility index (Phi) is 4.02. The Morgan fingerprint density at radius 3 is 3.00 bits per heavy atom. The molecule has 1 aliphatic rings. The number of benzene rings is 1. The van der Waals surface area contributed by atoms with E-state index in [0.717, 1.165) is 37.1 Å². The lowest BCUT2D eigenvalue weighted by Crippen LogP contribution is -2.38. The van der Waals surface area contributed by atoms with Gasteiger partial charge in [0.05, 0.1) is 13.2 Å². The summed E-state index contributed by atoms with van der Waals surface area (Å²) in [6.07, 6.45) is 2.70. The zero-order chi connectivity index (χ0) is 12.3. The average molecular weight is 235 g/mol. The SMILES string of the molecule is CCCN[C@H]1CCc2ccc(OC)cc2[C@@H]1O. The Morgan fingerprint density at radius 1 is 1.47 bits per heavy atom. The average Bonchev–Trinajstić information content (AvgIpc) is 2.38. The lowest BCUT2D eigenvalue weighted by atomic mass is 9.85. The number of nitrogens with one attached hydrogen (secondary N) is 1. The number of aliphatic hydroxyl groups excluding tert-OH is 1. The molecule has 2 atom stereocenters. The number of rotatable bonds is 4. The van der Waals surface area contributed by atoms with E-state index in [-0.39, 0.29) is 6.04 Å². The molecule has 2 rings (SSSR count). The van der Waals surface area contributed by atoms with Crippen LogP contribution in [0.1, 0.15) is 37.0 Å². The zero-order valence-electron chi connectivity index (χ0n) is 10.6. The summed E-state index contributed by atoms with van der Waals surface area (Å²) >= 11 is 0. The predicted octanol–water partition coefficient (Wildman–Crippen LogP) is 2.04. The molecular weight excluding hydrogens is 214 g/mol. The van der Waals surface area contributed by atoms with Crippen LogP contribution in [0, 0.1) is 0 Å². The van der Waals surface area contributed by atoms with Crippen molar-refractivity contribution >= 4 is 0 Å². The van der Waals surface area contributed by atoms with Crippen molar-refractivity contribution in [1.29, 1.82) is 0 Å². The Balaban J connectivity index is 2.18. The van der Waals surface area contributed by atoms with Crippen molar-refractivity contribution in [3.8, 4) is 5.75 Å². The van der Waals surface area contributed by atoms with Gasteiger partial charge in [-0.15, -0.1) is 0 Å². The first-order chi connectivity index (χ1) is 8.26. The minimum atomic E-state index is -0.416. The van der Waals surface area contributed by atoms with Gasteiger partial charge in [-0.05, 0) is 49.1 Å². The molecule has 0 amide bonds. The molecule has 0 radical (unpaired) electrons. The van der Waals surface area contributed by atoms with Crippen LogP contribution >= 0.6 is 0 Å². The summed E-state index contributed by atoms with van der Waals surface area (Å²) in [5.74, 6) is 0.818. The van der Waals surface area contributed by atoms with Gasteiger partial charge in [0.15, 0.2) is 0 Å². The van der Waals surface area contributed by atoms with Crippen LogP contribution in [-0.4, -0.2) is 24.8 Å². The van der Waals surface area contributed by atoms with Gasteiger partial charge in [-0.2, -0.15) is 0 Å². The number of methoxy groups -OCH3 is 1. The summed E-state index contributed by atoms with van der Waals surface area (Å²) in [5.41, 5.74) is 2.26. The minimum Gasteiger partial charge on any atom is -0.497 e. The first-order valence-electron chi connectivity index (χ1n) is 6.34. The molecule has 0 saturated carbocycles. The highest BCUT2D eigenvalue weighted by Gasteiger charge is 2.27. The van der Waals surface area contributed by atoms with E-state index in [1.807, 2.05) is 12.1 Å². The van der Waals surface area contributed by atoms with Crippen LogP contribution in [0.5, 0.6) is 5.75 Å². The molecular formula is C14H21NO2. The summed E-state index contributed by atoms with van der Waals surface area (Å²) in [7, 11) is 1.66. The summed E-state index contributed by atoms with van der Waals surface area (Å²) in [4.78, 5) is 0. The fourth-order valence-corrected chi connectivity index (χ4v) is 2.43. The molecule has 0 fully saturated rings. The Hall–Kier alpha value is -1.06. The van der Waals surface area contributed by atoms with Gasteiger partial charge in [0.2, 0.25) is 0 Å². The molecule has 0 aromatic heterocycles. The molecule has 3 heteroatoms. The third-order valence-electron chi connectivity index (χ3n) is 3.43. The lowest BCUT2D eigenvalue weighted by Gasteiger charge is -2.31. The molecule has 0 spiro atoms. The molecule has 17 heavy (non-hydrogen) atoms. The molecule has 0 bridgehead atoms. The first-order valence-corrected chi connectivity index (χ1v) is 6.34. The van der Waals surface area contributed by atoms with Gasteiger partial charge in [-0.1, -0.05) is 13.0 Å². The highest BCUT2D eigenvalue weighted by atomic mass is 16.5. The number of ether oxygens (including phenoxy) is 1. The van der Waals surface area contributed by atoms with Gasteiger partial charge in [0.1, 0.15) is 5.75 Å². The van der Waals surface area contributed by atoms with Crippen LogP contribution in [0.3, 0.4) is 0 Å². The number of aliphatic hydroxyl groups is 1. The standard InChI is InChI=1S/C14H21NO2/c1-3-8-15-13-7-5-10-4-6-11(17-2)9-12(10)14(13)16/h4,6,9,13-16H,3,5,7-8H2,1-2H3/t13-,14-/m0/s1. The molecule has 1 aromatic carbocycles. The van der Waals surface area contributed by atoms with E-state index in [1.54, 1.807) is 7.11 Å². The van der Waals surface area contributed by atoms with E-state index >= 15 is 0 Å². The number of hydrogen-bond donors (Lipinski definition) is 2. The van der Waals surface area contributed by atoms with Gasteiger partial charge in [0.25, 0.3) is 0 Å². The smallest absolute Gasteiger partial charge is 0.119 e. The topological polar surface area (TPSA) is 41.5 Å². The van der Waals surface area contributed by atoms with Crippen molar-refractivity contribution in [1.82, 2.24) is 5.32 Å². The van der Waals surface area contributed by atoms with Gasteiger partial charge in [0, 0.05) is 6.04 Å². The van der Waals surface area contributed by atoms with E-state index in [0.29, 0.717) is 0 Å². The van der Waals surface area contributed by atoms with Crippen LogP contribution < -0.4 is 10.1 Å². The van der Waals surface area contributed by atoms with Crippen molar-refractivity contribution in [2.24, 2.45) is 0 Å². The Labute approximate surface area is 103 Å². The maximum absolute atomic E-state index is 10.3. The van der Waals surface area contributed by atoms with Gasteiger partial charge in [-0.3, -0.25) is 0 Å². The van der Waals surface area contributed by atoms with Gasteiger partial charge >= 0.3 is 0 Å². The second-order valence-electron chi connectivity index (χ2n) is 4.61. The largest absolute Gasteiger partial charge is 0.497 e. The maximum atomic E-state index is 10.3. The molecule has 94 valence electrons. The first kappa shape index (κ1) is 12.4. The van der Waals surface area contributed by atoms with Crippen molar-refractivity contribution < 1.29 is 9.84 Å². The highest BCUT2D eigenvalue weighted by Crippen LogP contribution is 2.32. The van der Waals surface area contributed by atoms with Crippen molar-refractivity contribution in [3.63, 3.8) is 0 Å². The van der Waals surface area contributed by atoms with Gasteiger partial charge < -0.3 is 15.2 Å². The Morgan fingerprint density at radius 2 is 2.29 bits per heavy atom. The third-order valence-corrected chi connectivity index (χ3v) is 3.43. The predicted molar refractivity (Wildman–Crippen MR) is 68.4 cm³/mol. The monoisotopic (exact) mass is 235 g/mol. The molecule has 3 nitrogen and oxygen atoms in total. The quantitative estimate of drug-likeness (QED) is 0.839. The molecule has 0 saturated heterocycles. The van der Waals surface area contributed by atoms with E-state index in [2.05, 4.69) is 18.3 Å². The Bertz CT molecular complexity index is 378. The molecule has 2 N–H and O–H groups in total. The molecule has 1 aliphatic carbocycles. The van der Waals surface area contributed by atoms with Crippen LogP contribution in [-0.2, 0) is 6.42 Å². The van der Waals surface area contributed by atoms with Crippen molar-refractivity contribution in [2.45, 2.75) is 38.3 Å². The lowest BCUT2D eigenvalue weighted by molar-refractivity contribution is 0.115. The summed E-state index contributed by atoms with van der Waals surface area (Å²) in [6.45, 7) is 3.10. The highest BCUT2D eigenvalue weighted by molar-refractivity contribution is 5.39. The molecule has 1 aromatic rings. The summed E-state index contributed by atoms with van der Waals surface area (Å²) in [6, 6.07) is 6.16. The second-order valence-corrected chi connectivity index (χ2v) is 4.61. The van der Waals surface area contributed by atoms with E-state index in [9.17, 15) is 5.11 Å². The summed E-state index contributed by atoms with van der Waals surface area (Å²) < 4.78 is 5.21. The zero-order valence-corrected chi connectivity index (χ0v) is 10.6.